The van der Waals surface area contributed by atoms with Crippen molar-refractivity contribution in [3.05, 3.63) is 35.4 Å². The fraction of sp³-hybridized carbons (Fsp3) is 0.579. The van der Waals surface area contributed by atoms with Gasteiger partial charge < -0.3 is 9.84 Å². The zero-order valence-electron chi connectivity index (χ0n) is 14.9. The third kappa shape index (κ3) is 5.93. The van der Waals surface area contributed by atoms with Crippen LogP contribution in [0.4, 0.5) is 0 Å². The number of ether oxygens (including phenoxy) is 1. The van der Waals surface area contributed by atoms with Gasteiger partial charge in [0.2, 0.25) is 0 Å². The maximum Gasteiger partial charge on any atom is 0.313 e. The van der Waals surface area contributed by atoms with E-state index in [4.69, 9.17) is 4.74 Å². The molecule has 1 N–H and O–H groups in total. The minimum absolute atomic E-state index is 0.164. The third-order valence-corrected chi connectivity index (χ3v) is 5.03. The molecule has 0 bridgehead atoms. The van der Waals surface area contributed by atoms with Crippen LogP contribution in [0.25, 0.3) is 0 Å². The van der Waals surface area contributed by atoms with E-state index in [-0.39, 0.29) is 11.4 Å². The van der Waals surface area contributed by atoms with Crippen LogP contribution in [0.15, 0.2) is 24.3 Å². The summed E-state index contributed by atoms with van der Waals surface area (Å²) in [5, 5.41) is 10.5. The van der Waals surface area contributed by atoms with Crippen molar-refractivity contribution in [3.8, 4) is 0 Å². The van der Waals surface area contributed by atoms with Gasteiger partial charge in [0.15, 0.2) is 0 Å². The van der Waals surface area contributed by atoms with Crippen LogP contribution in [0.1, 0.15) is 58.1 Å². The maximum atomic E-state index is 11.9. The maximum absolute atomic E-state index is 11.9. The van der Waals surface area contributed by atoms with Crippen LogP contribution in [0, 0.1) is 5.41 Å². The highest BCUT2D eigenvalue weighted by molar-refractivity contribution is 9.08. The van der Waals surface area contributed by atoms with Gasteiger partial charge in [0.25, 0.3) is 0 Å². The van der Waals surface area contributed by atoms with Gasteiger partial charge in [-0.25, -0.2) is 0 Å². The van der Waals surface area contributed by atoms with E-state index >= 15 is 0 Å². The SMILES string of the molecule is CC(=O)OCC(C)(C)CCCC(C)(C(=O)O)c1cccc(CBr)c1. The Bertz CT molecular complexity index is 582. The van der Waals surface area contributed by atoms with Crippen LogP contribution in [-0.2, 0) is 25.1 Å². The second-order valence-electron chi connectivity index (χ2n) is 7.27. The molecule has 0 amide bonds. The predicted molar refractivity (Wildman–Crippen MR) is 98.3 cm³/mol. The summed E-state index contributed by atoms with van der Waals surface area (Å²) in [4.78, 5) is 22.9. The van der Waals surface area contributed by atoms with Crippen LogP contribution in [0.2, 0.25) is 0 Å². The van der Waals surface area contributed by atoms with Gasteiger partial charge in [-0.1, -0.05) is 60.5 Å². The second kappa shape index (κ2) is 8.65. The van der Waals surface area contributed by atoms with Gasteiger partial charge in [0.1, 0.15) is 0 Å². The minimum atomic E-state index is -0.921. The molecule has 0 saturated heterocycles. The molecule has 0 radical (unpaired) electrons. The summed E-state index contributed by atoms with van der Waals surface area (Å²) in [5.74, 6) is -1.10. The minimum Gasteiger partial charge on any atom is -0.481 e. The first-order valence-electron chi connectivity index (χ1n) is 8.13. The number of hydrogen-bond donors (Lipinski definition) is 1. The number of alkyl halides is 1. The van der Waals surface area contributed by atoms with Gasteiger partial charge in [0.05, 0.1) is 12.0 Å². The predicted octanol–water partition coefficient (Wildman–Crippen LogP) is 4.68. The van der Waals surface area contributed by atoms with E-state index in [1.807, 2.05) is 38.1 Å². The fourth-order valence-electron chi connectivity index (χ4n) is 2.66. The Labute approximate surface area is 152 Å². The van der Waals surface area contributed by atoms with Crippen molar-refractivity contribution in [3.63, 3.8) is 0 Å². The van der Waals surface area contributed by atoms with E-state index < -0.39 is 11.4 Å². The quantitative estimate of drug-likeness (QED) is 0.484. The first-order valence-corrected chi connectivity index (χ1v) is 9.25. The topological polar surface area (TPSA) is 63.6 Å². The lowest BCUT2D eigenvalue weighted by molar-refractivity contribution is -0.144. The standard InChI is InChI=1S/C19H27BrO4/c1-14(21)24-13-18(2,3)9-6-10-19(4,17(22)23)16-8-5-7-15(11-16)12-20/h5,7-8,11H,6,9-10,12-13H2,1-4H3,(H,22,23). The van der Waals surface area contributed by atoms with Crippen molar-refractivity contribution in [2.24, 2.45) is 5.41 Å². The molecule has 134 valence electrons. The molecule has 0 heterocycles. The third-order valence-electron chi connectivity index (χ3n) is 4.39. The normalized spacial score (nSPS) is 14.0. The Kier molecular flexibility index (Phi) is 7.46. The van der Waals surface area contributed by atoms with Gasteiger partial charge in [-0.05, 0) is 36.3 Å². The van der Waals surface area contributed by atoms with Crippen LogP contribution in [0.5, 0.6) is 0 Å². The molecule has 0 aliphatic heterocycles. The number of aliphatic carboxylic acids is 1. The van der Waals surface area contributed by atoms with Crippen LogP contribution < -0.4 is 0 Å². The number of rotatable bonds is 9. The Hall–Kier alpha value is -1.36. The number of esters is 1. The molecular weight excluding hydrogens is 372 g/mol. The molecule has 1 unspecified atom stereocenters. The first kappa shape index (κ1) is 20.7. The molecule has 0 spiro atoms. The number of carboxylic acid groups (broad SMARTS) is 1. The molecule has 1 rings (SSSR count). The number of hydrogen-bond acceptors (Lipinski definition) is 3. The van der Waals surface area contributed by atoms with E-state index in [2.05, 4.69) is 15.9 Å². The molecule has 0 saturated carbocycles. The molecule has 1 atom stereocenters. The van der Waals surface area contributed by atoms with E-state index in [0.29, 0.717) is 18.4 Å². The number of benzene rings is 1. The lowest BCUT2D eigenvalue weighted by atomic mass is 9.76. The highest BCUT2D eigenvalue weighted by Gasteiger charge is 2.35. The summed E-state index contributed by atoms with van der Waals surface area (Å²) < 4.78 is 5.09. The zero-order valence-corrected chi connectivity index (χ0v) is 16.5. The fourth-order valence-corrected chi connectivity index (χ4v) is 3.01. The summed E-state index contributed by atoms with van der Waals surface area (Å²) in [6.07, 6.45) is 2.08. The monoisotopic (exact) mass is 398 g/mol. The van der Waals surface area contributed by atoms with Crippen molar-refractivity contribution < 1.29 is 19.4 Å². The van der Waals surface area contributed by atoms with E-state index in [0.717, 1.165) is 24.0 Å². The number of carbonyl (C=O) groups excluding carboxylic acids is 1. The summed E-state index contributed by atoms with van der Waals surface area (Å²) >= 11 is 3.41. The van der Waals surface area contributed by atoms with Gasteiger partial charge in [-0.15, -0.1) is 0 Å². The highest BCUT2D eigenvalue weighted by Crippen LogP contribution is 2.34. The van der Waals surface area contributed by atoms with E-state index in [1.165, 1.54) is 6.92 Å². The molecule has 24 heavy (non-hydrogen) atoms. The van der Waals surface area contributed by atoms with Crippen molar-refractivity contribution >= 4 is 27.9 Å². The molecular formula is C19H27BrO4. The highest BCUT2D eigenvalue weighted by atomic mass is 79.9. The molecule has 1 aromatic carbocycles. The summed E-state index contributed by atoms with van der Waals surface area (Å²) in [6, 6.07) is 7.71. The number of halogens is 1. The van der Waals surface area contributed by atoms with Crippen LogP contribution >= 0.6 is 15.9 Å². The zero-order chi connectivity index (χ0) is 18.4. The Balaban J connectivity index is 2.79. The van der Waals surface area contributed by atoms with E-state index in [9.17, 15) is 14.7 Å². The Morgan fingerprint density at radius 1 is 1.21 bits per heavy atom. The molecule has 5 heteroatoms. The van der Waals surface area contributed by atoms with Crippen LogP contribution in [-0.4, -0.2) is 23.7 Å². The van der Waals surface area contributed by atoms with Crippen molar-refractivity contribution in [2.45, 2.75) is 57.7 Å². The number of carboxylic acids is 1. The van der Waals surface area contributed by atoms with Crippen molar-refractivity contribution in [2.75, 3.05) is 6.61 Å². The average Bonchev–Trinajstić information content (AvgIpc) is 2.52. The molecule has 1 aromatic rings. The Morgan fingerprint density at radius 2 is 1.88 bits per heavy atom. The average molecular weight is 399 g/mol. The van der Waals surface area contributed by atoms with Crippen LogP contribution in [0.3, 0.4) is 0 Å². The second-order valence-corrected chi connectivity index (χ2v) is 7.83. The van der Waals surface area contributed by atoms with Gasteiger partial charge in [0, 0.05) is 12.3 Å². The molecule has 0 aliphatic carbocycles. The number of carbonyl (C=O) groups is 2. The van der Waals surface area contributed by atoms with Gasteiger partial charge in [-0.3, -0.25) is 9.59 Å². The first-order chi connectivity index (χ1) is 11.1. The van der Waals surface area contributed by atoms with E-state index in [1.54, 1.807) is 6.92 Å². The molecule has 0 aliphatic rings. The largest absolute Gasteiger partial charge is 0.481 e. The molecule has 4 nitrogen and oxygen atoms in total. The summed E-state index contributed by atoms with van der Waals surface area (Å²) in [5.41, 5.74) is 0.804. The lowest BCUT2D eigenvalue weighted by Crippen LogP contribution is -2.33. The molecule has 0 fully saturated rings. The lowest BCUT2D eigenvalue weighted by Gasteiger charge is -2.29. The van der Waals surface area contributed by atoms with Gasteiger partial charge >= 0.3 is 11.9 Å². The van der Waals surface area contributed by atoms with Gasteiger partial charge in [-0.2, -0.15) is 0 Å². The summed E-state index contributed by atoms with van der Waals surface area (Å²) in [7, 11) is 0. The Morgan fingerprint density at radius 3 is 2.42 bits per heavy atom. The summed E-state index contributed by atoms with van der Waals surface area (Å²) in [6.45, 7) is 7.58. The molecule has 0 aromatic heterocycles. The van der Waals surface area contributed by atoms with Crippen molar-refractivity contribution in [1.82, 2.24) is 0 Å². The smallest absolute Gasteiger partial charge is 0.313 e. The van der Waals surface area contributed by atoms with Crippen molar-refractivity contribution in [1.29, 1.82) is 0 Å².